The van der Waals surface area contributed by atoms with Crippen molar-refractivity contribution in [2.75, 3.05) is 6.26 Å². The number of nitrogens with zero attached hydrogens (tertiary/aromatic N) is 1. The van der Waals surface area contributed by atoms with Crippen molar-refractivity contribution in [1.29, 1.82) is 0 Å². The fourth-order valence-corrected chi connectivity index (χ4v) is 3.59. The Hall–Kier alpha value is -1.94. The van der Waals surface area contributed by atoms with Crippen LogP contribution in [0.5, 0.6) is 0 Å². The van der Waals surface area contributed by atoms with Gasteiger partial charge in [-0.1, -0.05) is 17.7 Å². The molecule has 22 heavy (non-hydrogen) atoms. The Balaban J connectivity index is 1.90. The molecule has 0 bridgehead atoms. The van der Waals surface area contributed by atoms with Gasteiger partial charge in [0.1, 0.15) is 0 Å². The molecule has 0 aliphatic heterocycles. The van der Waals surface area contributed by atoms with Crippen molar-refractivity contribution in [2.45, 2.75) is 31.6 Å². The number of sulfone groups is 1. The maximum absolute atomic E-state index is 11.5. The van der Waals surface area contributed by atoms with Crippen molar-refractivity contribution >= 4 is 15.4 Å². The quantitative estimate of drug-likeness (QED) is 0.873. The number of aryl methyl sites for hydroxylation is 1. The summed E-state index contributed by atoms with van der Waals surface area (Å²) < 4.78 is 23.0. The predicted molar refractivity (Wildman–Crippen MR) is 88.5 cm³/mol. The predicted octanol–water partition coefficient (Wildman–Crippen LogP) is 3.37. The van der Waals surface area contributed by atoms with Crippen LogP contribution in [-0.4, -0.2) is 19.7 Å². The third-order valence-corrected chi connectivity index (χ3v) is 5.28. The van der Waals surface area contributed by atoms with Gasteiger partial charge in [0.25, 0.3) is 0 Å². The number of hydrogen-bond donors (Lipinski definition) is 0. The third kappa shape index (κ3) is 2.83. The summed E-state index contributed by atoms with van der Waals surface area (Å²) in [4.78, 5) is 4.78. The van der Waals surface area contributed by atoms with Gasteiger partial charge in [0.15, 0.2) is 9.84 Å². The van der Waals surface area contributed by atoms with Crippen molar-refractivity contribution in [2.24, 2.45) is 0 Å². The molecule has 1 aliphatic carbocycles. The van der Waals surface area contributed by atoms with Crippen LogP contribution in [0.2, 0.25) is 0 Å². The number of benzene rings is 1. The summed E-state index contributed by atoms with van der Waals surface area (Å²) >= 11 is 0. The van der Waals surface area contributed by atoms with Gasteiger partial charge in [-0.2, -0.15) is 0 Å². The summed E-state index contributed by atoms with van der Waals surface area (Å²) in [5.41, 5.74) is 7.42. The van der Waals surface area contributed by atoms with Crippen LogP contribution in [0.3, 0.4) is 0 Å². The molecule has 3 nitrogen and oxygen atoms in total. The average molecular weight is 313 g/mol. The first-order valence-electron chi connectivity index (χ1n) is 7.28. The van der Waals surface area contributed by atoms with Crippen molar-refractivity contribution in [3.8, 4) is 0 Å². The van der Waals surface area contributed by atoms with E-state index in [9.17, 15) is 8.42 Å². The fourth-order valence-electron chi connectivity index (χ4n) is 2.96. The molecule has 114 valence electrons. The van der Waals surface area contributed by atoms with E-state index in [0.29, 0.717) is 4.90 Å². The second-order valence-corrected chi connectivity index (χ2v) is 8.03. The molecule has 0 radical (unpaired) electrons. The van der Waals surface area contributed by atoms with Crippen LogP contribution in [0.4, 0.5) is 0 Å². The van der Waals surface area contributed by atoms with Gasteiger partial charge in [0.2, 0.25) is 0 Å². The minimum atomic E-state index is -3.13. The Kier molecular flexibility index (Phi) is 3.65. The normalized spacial score (nSPS) is 14.3. The standard InChI is InChI=1S/C18H19NO2S/c1-12-8-15-9-13(2)19-11-18(15)17(12)10-14-4-6-16(7-5-14)22(3,20)21/h4-7,9,11H,8,10H2,1-3H3. The van der Waals surface area contributed by atoms with Gasteiger partial charge in [-0.15, -0.1) is 0 Å². The van der Waals surface area contributed by atoms with E-state index in [4.69, 9.17) is 0 Å². The third-order valence-electron chi connectivity index (χ3n) is 4.15. The molecule has 0 fully saturated rings. The first kappa shape index (κ1) is 15.0. The Bertz CT molecular complexity index is 862. The zero-order chi connectivity index (χ0) is 15.9. The van der Waals surface area contributed by atoms with Crippen LogP contribution in [0.1, 0.15) is 29.3 Å². The van der Waals surface area contributed by atoms with Crippen LogP contribution < -0.4 is 0 Å². The minimum Gasteiger partial charge on any atom is -0.261 e. The molecule has 4 heteroatoms. The van der Waals surface area contributed by atoms with Crippen LogP contribution >= 0.6 is 0 Å². The Morgan fingerprint density at radius 2 is 1.82 bits per heavy atom. The Morgan fingerprint density at radius 3 is 2.45 bits per heavy atom. The first-order valence-corrected chi connectivity index (χ1v) is 9.17. The maximum Gasteiger partial charge on any atom is 0.175 e. The molecule has 0 unspecified atom stereocenters. The van der Waals surface area contributed by atoms with Gasteiger partial charge in [0.05, 0.1) is 4.90 Å². The van der Waals surface area contributed by atoms with Crippen molar-refractivity contribution in [3.63, 3.8) is 0 Å². The lowest BCUT2D eigenvalue weighted by atomic mass is 9.99. The van der Waals surface area contributed by atoms with E-state index in [0.717, 1.165) is 24.1 Å². The van der Waals surface area contributed by atoms with Gasteiger partial charge in [0, 0.05) is 18.1 Å². The molecule has 1 aliphatic rings. The average Bonchev–Trinajstić information content (AvgIpc) is 2.74. The monoisotopic (exact) mass is 313 g/mol. The largest absolute Gasteiger partial charge is 0.261 e. The second kappa shape index (κ2) is 5.36. The lowest BCUT2D eigenvalue weighted by Crippen LogP contribution is -1.98. The molecule has 1 aromatic heterocycles. The summed E-state index contributed by atoms with van der Waals surface area (Å²) in [6, 6.07) is 9.32. The molecule has 0 amide bonds. The second-order valence-electron chi connectivity index (χ2n) is 6.01. The van der Waals surface area contributed by atoms with E-state index in [1.54, 1.807) is 12.1 Å². The van der Waals surface area contributed by atoms with Crippen LogP contribution in [-0.2, 0) is 22.7 Å². The number of rotatable bonds is 3. The molecule has 0 saturated heterocycles. The highest BCUT2D eigenvalue weighted by Crippen LogP contribution is 2.34. The lowest BCUT2D eigenvalue weighted by Gasteiger charge is -2.08. The van der Waals surface area contributed by atoms with E-state index in [1.165, 1.54) is 28.5 Å². The summed E-state index contributed by atoms with van der Waals surface area (Å²) in [7, 11) is -3.13. The number of allylic oxidation sites excluding steroid dienone is 2. The lowest BCUT2D eigenvalue weighted by molar-refractivity contribution is 0.602. The maximum atomic E-state index is 11.5. The zero-order valence-corrected chi connectivity index (χ0v) is 13.9. The highest BCUT2D eigenvalue weighted by molar-refractivity contribution is 7.90. The van der Waals surface area contributed by atoms with E-state index >= 15 is 0 Å². The zero-order valence-electron chi connectivity index (χ0n) is 13.1. The number of fused-ring (bicyclic) bond motifs is 1. The summed E-state index contributed by atoms with van der Waals surface area (Å²) in [5.74, 6) is 0. The molecular formula is C18H19NO2S. The molecule has 0 atom stereocenters. The number of hydrogen-bond acceptors (Lipinski definition) is 3. The van der Waals surface area contributed by atoms with Crippen molar-refractivity contribution in [1.82, 2.24) is 4.98 Å². The highest BCUT2D eigenvalue weighted by atomic mass is 32.2. The van der Waals surface area contributed by atoms with Crippen LogP contribution in [0, 0.1) is 6.92 Å². The molecule has 1 heterocycles. The molecular weight excluding hydrogens is 294 g/mol. The van der Waals surface area contributed by atoms with E-state index in [1.807, 2.05) is 25.3 Å². The van der Waals surface area contributed by atoms with E-state index in [2.05, 4.69) is 18.0 Å². The molecule has 0 saturated carbocycles. The minimum absolute atomic E-state index is 0.367. The van der Waals surface area contributed by atoms with Gasteiger partial charge in [-0.25, -0.2) is 8.42 Å². The van der Waals surface area contributed by atoms with Gasteiger partial charge >= 0.3 is 0 Å². The van der Waals surface area contributed by atoms with Crippen molar-refractivity contribution in [3.05, 3.63) is 64.5 Å². The number of pyridine rings is 1. The fraction of sp³-hybridized carbons (Fsp3) is 0.278. The Labute approximate surface area is 131 Å². The molecule has 0 spiro atoms. The summed E-state index contributed by atoms with van der Waals surface area (Å²) in [6.07, 6.45) is 4.99. The summed E-state index contributed by atoms with van der Waals surface area (Å²) in [5, 5.41) is 0. The van der Waals surface area contributed by atoms with E-state index in [-0.39, 0.29) is 0 Å². The van der Waals surface area contributed by atoms with Gasteiger partial charge < -0.3 is 0 Å². The first-order chi connectivity index (χ1) is 10.3. The highest BCUT2D eigenvalue weighted by Gasteiger charge is 2.19. The van der Waals surface area contributed by atoms with E-state index < -0.39 is 9.84 Å². The molecule has 2 aromatic rings. The van der Waals surface area contributed by atoms with Crippen LogP contribution in [0.25, 0.3) is 5.57 Å². The molecule has 3 rings (SSSR count). The smallest absolute Gasteiger partial charge is 0.175 e. The topological polar surface area (TPSA) is 47.0 Å². The van der Waals surface area contributed by atoms with Gasteiger partial charge in [-0.3, -0.25) is 4.98 Å². The summed E-state index contributed by atoms with van der Waals surface area (Å²) in [6.45, 7) is 4.17. The van der Waals surface area contributed by atoms with Crippen molar-refractivity contribution < 1.29 is 8.42 Å². The molecule has 1 aromatic carbocycles. The van der Waals surface area contributed by atoms with Gasteiger partial charge in [-0.05, 0) is 67.2 Å². The Morgan fingerprint density at radius 1 is 1.14 bits per heavy atom. The SMILES string of the molecule is CC1=C(Cc2ccc(S(C)(=O)=O)cc2)c2cnc(C)cc2C1. The molecule has 0 N–H and O–H groups in total. The van der Waals surface area contributed by atoms with Crippen LogP contribution in [0.15, 0.2) is 47.0 Å². The number of aromatic nitrogens is 1.